The third kappa shape index (κ3) is 1.14. The molecule has 0 aromatic rings. The van der Waals surface area contributed by atoms with E-state index >= 15 is 0 Å². The molecule has 0 aromatic heterocycles. The fourth-order valence-electron chi connectivity index (χ4n) is 0.795. The lowest BCUT2D eigenvalue weighted by Crippen LogP contribution is -2.03. The van der Waals surface area contributed by atoms with Crippen molar-refractivity contribution in [3.05, 3.63) is 0 Å². The lowest BCUT2D eigenvalue weighted by molar-refractivity contribution is 0.0971. The summed E-state index contributed by atoms with van der Waals surface area (Å²) in [5, 5.41) is 8.77. The molecule has 1 rings (SSSR count). The molecule has 42 valence electrons. The number of rotatable bonds is 0. The van der Waals surface area contributed by atoms with Crippen molar-refractivity contribution in [3.8, 4) is 0 Å². The first-order valence-corrected chi connectivity index (χ1v) is 2.58. The van der Waals surface area contributed by atoms with Crippen LogP contribution in [0.2, 0.25) is 0 Å². The predicted molar refractivity (Wildman–Crippen MR) is 26.0 cm³/mol. The largest absolute Gasteiger partial charge is 0.391 e. The van der Waals surface area contributed by atoms with E-state index in [1.165, 1.54) is 0 Å². The second kappa shape index (κ2) is 1.80. The molecule has 1 heterocycles. The van der Waals surface area contributed by atoms with E-state index in [-0.39, 0.29) is 12.2 Å². The first kappa shape index (κ1) is 5.06. The summed E-state index contributed by atoms with van der Waals surface area (Å²) in [6.45, 7) is 2.50. The minimum absolute atomic E-state index is 0.199. The Hall–Kier alpha value is -0.0800. The van der Waals surface area contributed by atoms with Crippen LogP contribution in [0.15, 0.2) is 0 Å². The third-order valence-corrected chi connectivity index (χ3v) is 1.18. The molecule has 1 aliphatic heterocycles. The number of aliphatic hydroxyl groups is 1. The lowest BCUT2D eigenvalue weighted by atomic mass is 10.2. The maximum absolute atomic E-state index is 8.77. The SMILES string of the molecule is CC1C[C@@H](O)CO1. The number of ether oxygens (including phenoxy) is 1. The second-order valence-electron chi connectivity index (χ2n) is 2.03. The van der Waals surface area contributed by atoms with Crippen molar-refractivity contribution in [2.24, 2.45) is 0 Å². The smallest absolute Gasteiger partial charge is 0.0798 e. The zero-order valence-corrected chi connectivity index (χ0v) is 4.42. The molecule has 0 spiro atoms. The van der Waals surface area contributed by atoms with Gasteiger partial charge in [-0.05, 0) is 6.92 Å². The van der Waals surface area contributed by atoms with E-state index < -0.39 is 0 Å². The standard InChI is InChI=1S/C5H10O2/c1-4-2-5(6)3-7-4/h4-6H,2-3H2,1H3/t4?,5-/m1/s1. The summed E-state index contributed by atoms with van der Waals surface area (Å²) in [5.41, 5.74) is 0. The molecule has 2 atom stereocenters. The van der Waals surface area contributed by atoms with Gasteiger partial charge in [0.1, 0.15) is 0 Å². The van der Waals surface area contributed by atoms with Crippen LogP contribution in [0.3, 0.4) is 0 Å². The van der Waals surface area contributed by atoms with Crippen LogP contribution in [0.25, 0.3) is 0 Å². The fraction of sp³-hybridized carbons (Fsp3) is 1.00. The molecule has 1 unspecified atom stereocenters. The molecule has 0 saturated carbocycles. The van der Waals surface area contributed by atoms with Crippen molar-refractivity contribution in [2.75, 3.05) is 6.61 Å². The highest BCUT2D eigenvalue weighted by Gasteiger charge is 2.18. The van der Waals surface area contributed by atoms with E-state index in [0.717, 1.165) is 6.42 Å². The van der Waals surface area contributed by atoms with Crippen molar-refractivity contribution in [1.82, 2.24) is 0 Å². The molecule has 2 heteroatoms. The Bertz CT molecular complexity index is 55.1. The molecule has 0 bridgehead atoms. The normalized spacial score (nSPS) is 42.0. The Morgan fingerprint density at radius 2 is 2.43 bits per heavy atom. The van der Waals surface area contributed by atoms with Crippen LogP contribution >= 0.6 is 0 Å². The molecule has 1 aliphatic rings. The number of aliphatic hydroxyl groups excluding tert-OH is 1. The van der Waals surface area contributed by atoms with Crippen molar-refractivity contribution in [2.45, 2.75) is 25.6 Å². The number of hydrogen-bond acceptors (Lipinski definition) is 2. The van der Waals surface area contributed by atoms with Gasteiger partial charge in [-0.25, -0.2) is 0 Å². The van der Waals surface area contributed by atoms with Gasteiger partial charge >= 0.3 is 0 Å². The van der Waals surface area contributed by atoms with E-state index in [1.54, 1.807) is 0 Å². The lowest BCUT2D eigenvalue weighted by Gasteiger charge is -1.94. The van der Waals surface area contributed by atoms with Gasteiger partial charge in [-0.2, -0.15) is 0 Å². The van der Waals surface area contributed by atoms with Crippen molar-refractivity contribution < 1.29 is 9.84 Å². The summed E-state index contributed by atoms with van der Waals surface area (Å²) in [6, 6.07) is 0. The molecule has 0 radical (unpaired) electrons. The van der Waals surface area contributed by atoms with E-state index in [2.05, 4.69) is 0 Å². The summed E-state index contributed by atoms with van der Waals surface area (Å²) < 4.78 is 5.02. The van der Waals surface area contributed by atoms with E-state index in [9.17, 15) is 0 Å². The predicted octanol–water partition coefficient (Wildman–Crippen LogP) is 0.156. The molecular weight excluding hydrogens is 92.1 g/mol. The van der Waals surface area contributed by atoms with Crippen LogP contribution in [0.1, 0.15) is 13.3 Å². The average Bonchev–Trinajstić information content (AvgIpc) is 1.87. The fourth-order valence-corrected chi connectivity index (χ4v) is 0.795. The minimum Gasteiger partial charge on any atom is -0.391 e. The first-order valence-electron chi connectivity index (χ1n) is 2.58. The Morgan fingerprint density at radius 3 is 2.57 bits per heavy atom. The van der Waals surface area contributed by atoms with Crippen LogP contribution in [0, 0.1) is 0 Å². The van der Waals surface area contributed by atoms with Crippen LogP contribution in [0.5, 0.6) is 0 Å². The summed E-state index contributed by atoms with van der Waals surface area (Å²) in [5.74, 6) is 0. The molecule has 1 saturated heterocycles. The molecule has 0 aromatic carbocycles. The monoisotopic (exact) mass is 102 g/mol. The van der Waals surface area contributed by atoms with Gasteiger partial charge in [0.2, 0.25) is 0 Å². The summed E-state index contributed by atoms with van der Waals surface area (Å²) in [4.78, 5) is 0. The summed E-state index contributed by atoms with van der Waals surface area (Å²) in [7, 11) is 0. The van der Waals surface area contributed by atoms with Gasteiger partial charge < -0.3 is 9.84 Å². The maximum atomic E-state index is 8.77. The van der Waals surface area contributed by atoms with Crippen molar-refractivity contribution in [1.29, 1.82) is 0 Å². The molecule has 0 amide bonds. The highest BCUT2D eigenvalue weighted by Crippen LogP contribution is 2.10. The zero-order valence-electron chi connectivity index (χ0n) is 4.42. The van der Waals surface area contributed by atoms with Crippen LogP contribution < -0.4 is 0 Å². The second-order valence-corrected chi connectivity index (χ2v) is 2.03. The molecule has 1 fully saturated rings. The highest BCUT2D eigenvalue weighted by molar-refractivity contribution is 4.67. The van der Waals surface area contributed by atoms with E-state index in [4.69, 9.17) is 9.84 Å². The quantitative estimate of drug-likeness (QED) is 0.472. The Labute approximate surface area is 43.1 Å². The summed E-state index contributed by atoms with van der Waals surface area (Å²) >= 11 is 0. The van der Waals surface area contributed by atoms with Crippen molar-refractivity contribution >= 4 is 0 Å². The summed E-state index contributed by atoms with van der Waals surface area (Å²) in [6.07, 6.45) is 0.880. The molecule has 7 heavy (non-hydrogen) atoms. The molecule has 1 N–H and O–H groups in total. The van der Waals surface area contributed by atoms with Gasteiger partial charge in [0.25, 0.3) is 0 Å². The van der Waals surface area contributed by atoms with Crippen LogP contribution in [-0.2, 0) is 4.74 Å². The van der Waals surface area contributed by atoms with Gasteiger partial charge in [0.05, 0.1) is 18.8 Å². The maximum Gasteiger partial charge on any atom is 0.0798 e. The average molecular weight is 102 g/mol. The molecule has 2 nitrogen and oxygen atoms in total. The topological polar surface area (TPSA) is 29.5 Å². The van der Waals surface area contributed by atoms with Crippen LogP contribution in [-0.4, -0.2) is 23.9 Å². The molecule has 0 aliphatic carbocycles. The third-order valence-electron chi connectivity index (χ3n) is 1.18. The zero-order chi connectivity index (χ0) is 5.28. The first-order chi connectivity index (χ1) is 3.29. The number of hydrogen-bond donors (Lipinski definition) is 1. The Balaban J connectivity index is 2.26. The van der Waals surface area contributed by atoms with Gasteiger partial charge in [0.15, 0.2) is 0 Å². The van der Waals surface area contributed by atoms with Crippen molar-refractivity contribution in [3.63, 3.8) is 0 Å². The van der Waals surface area contributed by atoms with Gasteiger partial charge in [-0.15, -0.1) is 0 Å². The highest BCUT2D eigenvalue weighted by atomic mass is 16.5. The van der Waals surface area contributed by atoms with E-state index in [1.807, 2.05) is 6.92 Å². The van der Waals surface area contributed by atoms with Gasteiger partial charge in [-0.3, -0.25) is 0 Å². The van der Waals surface area contributed by atoms with Crippen LogP contribution in [0.4, 0.5) is 0 Å². The van der Waals surface area contributed by atoms with E-state index in [0.29, 0.717) is 6.61 Å². The minimum atomic E-state index is -0.199. The Morgan fingerprint density at radius 1 is 1.71 bits per heavy atom. The van der Waals surface area contributed by atoms with Gasteiger partial charge in [0, 0.05) is 6.42 Å². The van der Waals surface area contributed by atoms with Gasteiger partial charge in [-0.1, -0.05) is 0 Å². The molecular formula is C5H10O2. The Kier molecular flexibility index (Phi) is 1.30.